The molecule has 62 valence electrons. The standard InChI is InChI=1S/C6H14ClNO2/c1-5(8)3-10-4-6(9)2-7/h5-6,9H,2-4,8H2,1H3/t5-,6+/m1/s1. The third kappa shape index (κ3) is 6.29. The van der Waals surface area contributed by atoms with Crippen LogP contribution in [0.2, 0.25) is 0 Å². The molecule has 0 heterocycles. The summed E-state index contributed by atoms with van der Waals surface area (Å²) in [5.41, 5.74) is 5.38. The molecule has 2 atom stereocenters. The van der Waals surface area contributed by atoms with Gasteiger partial charge in [0.1, 0.15) is 0 Å². The van der Waals surface area contributed by atoms with E-state index in [2.05, 4.69) is 0 Å². The first-order chi connectivity index (χ1) is 4.66. The normalized spacial score (nSPS) is 16.8. The second kappa shape index (κ2) is 5.92. The molecule has 0 aromatic rings. The molecule has 0 aromatic heterocycles. The third-order valence-corrected chi connectivity index (χ3v) is 1.23. The number of ether oxygens (including phenoxy) is 1. The molecule has 0 aliphatic rings. The molecule has 0 aliphatic carbocycles. The van der Waals surface area contributed by atoms with Crippen LogP contribution in [0.5, 0.6) is 0 Å². The first kappa shape index (κ1) is 10.2. The molecular formula is C6H14ClNO2. The number of rotatable bonds is 5. The maximum absolute atomic E-state index is 8.87. The molecule has 0 spiro atoms. The lowest BCUT2D eigenvalue weighted by molar-refractivity contribution is 0.0435. The summed E-state index contributed by atoms with van der Waals surface area (Å²) < 4.78 is 4.99. The number of nitrogens with two attached hydrogens (primary N) is 1. The van der Waals surface area contributed by atoms with E-state index in [-0.39, 0.29) is 18.5 Å². The third-order valence-electron chi connectivity index (χ3n) is 0.869. The average molecular weight is 168 g/mol. The minimum atomic E-state index is -0.569. The first-order valence-electron chi connectivity index (χ1n) is 3.24. The van der Waals surface area contributed by atoms with Crippen molar-refractivity contribution >= 4 is 11.6 Å². The van der Waals surface area contributed by atoms with Crippen molar-refractivity contribution < 1.29 is 9.84 Å². The minimum Gasteiger partial charge on any atom is -0.389 e. The lowest BCUT2D eigenvalue weighted by atomic mass is 10.4. The summed E-state index contributed by atoms with van der Waals surface area (Å²) in [6.07, 6.45) is -0.569. The SMILES string of the molecule is C[C@@H](N)COC[C@@H](O)CCl. The van der Waals surface area contributed by atoms with Crippen LogP contribution in [0.15, 0.2) is 0 Å². The second-order valence-corrected chi connectivity index (χ2v) is 2.63. The van der Waals surface area contributed by atoms with Crippen LogP contribution in [0.25, 0.3) is 0 Å². The Morgan fingerprint density at radius 2 is 2.20 bits per heavy atom. The summed E-state index contributed by atoms with van der Waals surface area (Å²) in [6, 6.07) is 0.0162. The number of hydrogen-bond acceptors (Lipinski definition) is 3. The second-order valence-electron chi connectivity index (χ2n) is 2.32. The Morgan fingerprint density at radius 1 is 1.60 bits per heavy atom. The maximum Gasteiger partial charge on any atom is 0.0908 e. The molecule has 0 amide bonds. The molecule has 3 N–H and O–H groups in total. The van der Waals surface area contributed by atoms with E-state index < -0.39 is 6.10 Å². The van der Waals surface area contributed by atoms with Gasteiger partial charge in [0.15, 0.2) is 0 Å². The van der Waals surface area contributed by atoms with Crippen molar-refractivity contribution in [2.45, 2.75) is 19.1 Å². The van der Waals surface area contributed by atoms with Crippen molar-refractivity contribution in [2.75, 3.05) is 19.1 Å². The van der Waals surface area contributed by atoms with Gasteiger partial charge in [-0.25, -0.2) is 0 Å². The molecule has 0 saturated carbocycles. The molecule has 0 saturated heterocycles. The monoisotopic (exact) mass is 167 g/mol. The van der Waals surface area contributed by atoms with Crippen LogP contribution in [0.3, 0.4) is 0 Å². The van der Waals surface area contributed by atoms with Crippen molar-refractivity contribution in [3.8, 4) is 0 Å². The predicted octanol–water partition coefficient (Wildman–Crippen LogP) is -0.0501. The predicted molar refractivity (Wildman–Crippen MR) is 41.2 cm³/mol. The van der Waals surface area contributed by atoms with Crippen LogP contribution in [0.1, 0.15) is 6.92 Å². The van der Waals surface area contributed by atoms with Crippen LogP contribution in [-0.4, -0.2) is 36.3 Å². The van der Waals surface area contributed by atoms with E-state index in [1.165, 1.54) is 0 Å². The Hall–Kier alpha value is 0.170. The van der Waals surface area contributed by atoms with E-state index in [1.54, 1.807) is 0 Å². The number of aliphatic hydroxyl groups is 1. The van der Waals surface area contributed by atoms with Gasteiger partial charge in [0.25, 0.3) is 0 Å². The molecule has 0 fully saturated rings. The van der Waals surface area contributed by atoms with Crippen molar-refractivity contribution in [1.82, 2.24) is 0 Å². The van der Waals surface area contributed by atoms with Gasteiger partial charge < -0.3 is 15.6 Å². The Kier molecular flexibility index (Phi) is 6.02. The zero-order valence-corrected chi connectivity index (χ0v) is 6.84. The number of hydrogen-bond donors (Lipinski definition) is 2. The molecule has 3 nitrogen and oxygen atoms in total. The van der Waals surface area contributed by atoms with Gasteiger partial charge in [-0.1, -0.05) is 0 Å². The fourth-order valence-corrected chi connectivity index (χ4v) is 0.524. The van der Waals surface area contributed by atoms with E-state index in [0.29, 0.717) is 6.61 Å². The molecule has 4 heteroatoms. The van der Waals surface area contributed by atoms with Crippen molar-refractivity contribution in [1.29, 1.82) is 0 Å². The highest BCUT2D eigenvalue weighted by atomic mass is 35.5. The first-order valence-corrected chi connectivity index (χ1v) is 3.77. The summed E-state index contributed by atoms with van der Waals surface area (Å²) in [6.45, 7) is 2.58. The molecule has 0 rings (SSSR count). The highest BCUT2D eigenvalue weighted by Gasteiger charge is 2.01. The largest absolute Gasteiger partial charge is 0.389 e. The molecule has 0 bridgehead atoms. The van der Waals surface area contributed by atoms with Crippen LogP contribution in [-0.2, 0) is 4.74 Å². The van der Waals surface area contributed by atoms with E-state index in [4.69, 9.17) is 27.2 Å². The van der Waals surface area contributed by atoms with E-state index >= 15 is 0 Å². The van der Waals surface area contributed by atoms with Gasteiger partial charge in [-0.3, -0.25) is 0 Å². The quantitative estimate of drug-likeness (QED) is 0.565. The lowest BCUT2D eigenvalue weighted by Gasteiger charge is -2.09. The molecule has 10 heavy (non-hydrogen) atoms. The van der Waals surface area contributed by atoms with Gasteiger partial charge >= 0.3 is 0 Å². The lowest BCUT2D eigenvalue weighted by Crippen LogP contribution is -2.25. The van der Waals surface area contributed by atoms with E-state index in [9.17, 15) is 0 Å². The van der Waals surface area contributed by atoms with E-state index in [0.717, 1.165) is 0 Å². The molecule has 0 aliphatic heterocycles. The zero-order chi connectivity index (χ0) is 7.98. The van der Waals surface area contributed by atoms with Crippen LogP contribution in [0.4, 0.5) is 0 Å². The maximum atomic E-state index is 8.87. The highest BCUT2D eigenvalue weighted by Crippen LogP contribution is 1.89. The Labute approximate surface area is 66.1 Å². The fourth-order valence-electron chi connectivity index (χ4n) is 0.435. The van der Waals surface area contributed by atoms with Gasteiger partial charge in [-0.15, -0.1) is 11.6 Å². The summed E-state index contributed by atoms with van der Waals surface area (Å²) in [5.74, 6) is 0.207. The van der Waals surface area contributed by atoms with Crippen molar-refractivity contribution in [3.05, 3.63) is 0 Å². The molecular weight excluding hydrogens is 154 g/mol. The number of alkyl halides is 1. The summed E-state index contributed by atoms with van der Waals surface area (Å²) in [5, 5.41) is 8.87. The zero-order valence-electron chi connectivity index (χ0n) is 6.09. The average Bonchev–Trinajstić information content (AvgIpc) is 1.87. The van der Waals surface area contributed by atoms with E-state index in [1.807, 2.05) is 6.92 Å². The van der Waals surface area contributed by atoms with Gasteiger partial charge in [0, 0.05) is 6.04 Å². The Bertz CT molecular complexity index is 80.1. The minimum absolute atomic E-state index is 0.0162. The van der Waals surface area contributed by atoms with Gasteiger partial charge in [0.2, 0.25) is 0 Å². The Morgan fingerprint density at radius 3 is 2.60 bits per heavy atom. The number of halogens is 1. The fraction of sp³-hybridized carbons (Fsp3) is 1.00. The topological polar surface area (TPSA) is 55.5 Å². The van der Waals surface area contributed by atoms with Crippen molar-refractivity contribution in [3.63, 3.8) is 0 Å². The smallest absolute Gasteiger partial charge is 0.0908 e. The van der Waals surface area contributed by atoms with Gasteiger partial charge in [0.05, 0.1) is 25.2 Å². The summed E-state index contributed by atoms with van der Waals surface area (Å²) >= 11 is 5.31. The summed E-state index contributed by atoms with van der Waals surface area (Å²) in [7, 11) is 0. The van der Waals surface area contributed by atoms with Gasteiger partial charge in [-0.05, 0) is 6.92 Å². The van der Waals surface area contributed by atoms with Crippen LogP contribution in [0, 0.1) is 0 Å². The summed E-state index contributed by atoms with van der Waals surface area (Å²) in [4.78, 5) is 0. The highest BCUT2D eigenvalue weighted by molar-refractivity contribution is 6.18. The number of aliphatic hydroxyl groups excluding tert-OH is 1. The molecule has 0 radical (unpaired) electrons. The van der Waals surface area contributed by atoms with Crippen LogP contribution < -0.4 is 5.73 Å². The molecule has 0 unspecified atom stereocenters. The van der Waals surface area contributed by atoms with Crippen LogP contribution >= 0.6 is 11.6 Å². The van der Waals surface area contributed by atoms with Gasteiger partial charge in [-0.2, -0.15) is 0 Å². The molecule has 0 aromatic carbocycles. The van der Waals surface area contributed by atoms with Crippen molar-refractivity contribution in [2.24, 2.45) is 5.73 Å². The Balaban J connectivity index is 3.03.